The molecule has 1 unspecified atom stereocenters. The van der Waals surface area contributed by atoms with E-state index in [9.17, 15) is 0 Å². The van der Waals surface area contributed by atoms with Crippen LogP contribution in [0.5, 0.6) is 0 Å². The summed E-state index contributed by atoms with van der Waals surface area (Å²) in [5.41, 5.74) is 18.2. The van der Waals surface area contributed by atoms with Gasteiger partial charge in [-0.3, -0.25) is 15.0 Å². The topological polar surface area (TPSA) is 75.6 Å². The molecule has 0 amide bonds. The molecule has 0 saturated heterocycles. The van der Waals surface area contributed by atoms with Crippen LogP contribution in [0.1, 0.15) is 33.9 Å². The quantitative estimate of drug-likeness (QED) is 0.175. The first-order chi connectivity index (χ1) is 26.6. The average molecular weight is 697 g/mol. The monoisotopic (exact) mass is 696 g/mol. The molecule has 0 radical (unpaired) electrons. The van der Waals surface area contributed by atoms with Gasteiger partial charge in [0.15, 0.2) is 0 Å². The highest BCUT2D eigenvalue weighted by molar-refractivity contribution is 6.17. The molecular weight excluding hydrogens is 661 g/mol. The van der Waals surface area contributed by atoms with E-state index in [-0.39, 0.29) is 6.04 Å². The van der Waals surface area contributed by atoms with Crippen molar-refractivity contribution in [3.8, 4) is 44.6 Å². The van der Waals surface area contributed by atoms with Crippen LogP contribution in [0.15, 0.2) is 153 Å². The Bertz CT molecular complexity index is 2810. The van der Waals surface area contributed by atoms with Crippen LogP contribution in [0.4, 0.5) is 5.69 Å². The number of hydrogen-bond acceptors (Lipinski definition) is 6. The number of benzene rings is 4. The minimum Gasteiger partial charge on any atom is -0.387 e. The molecule has 258 valence electrons. The van der Waals surface area contributed by atoms with Gasteiger partial charge in [-0.25, -0.2) is 4.98 Å². The van der Waals surface area contributed by atoms with Crippen LogP contribution in [0.2, 0.25) is 0 Å². The maximum atomic E-state index is 5.53. The number of fused-ring (bicyclic) bond motifs is 6. The van der Waals surface area contributed by atoms with E-state index in [4.69, 9.17) is 4.98 Å². The summed E-state index contributed by atoms with van der Waals surface area (Å²) in [4.78, 5) is 19.1. The number of anilines is 1. The molecule has 10 rings (SSSR count). The van der Waals surface area contributed by atoms with Crippen molar-refractivity contribution in [1.29, 1.82) is 0 Å². The van der Waals surface area contributed by atoms with Gasteiger partial charge < -0.3 is 10.6 Å². The second-order valence-electron chi connectivity index (χ2n) is 14.1. The largest absolute Gasteiger partial charge is 0.387 e. The highest BCUT2D eigenvalue weighted by atomic mass is 14.9. The fraction of sp³-hybridized carbons (Fsp3) is 0.0833. The Hall–Kier alpha value is -6.92. The van der Waals surface area contributed by atoms with E-state index in [2.05, 4.69) is 130 Å². The van der Waals surface area contributed by atoms with Crippen molar-refractivity contribution in [3.63, 3.8) is 0 Å². The fourth-order valence-electron chi connectivity index (χ4n) is 8.46. The number of hydrogen-bond donors (Lipinski definition) is 2. The first-order valence-electron chi connectivity index (χ1n) is 18.3. The van der Waals surface area contributed by atoms with Crippen LogP contribution < -0.4 is 10.6 Å². The Morgan fingerprint density at radius 3 is 2.11 bits per heavy atom. The van der Waals surface area contributed by atoms with Gasteiger partial charge in [0.05, 0.1) is 17.3 Å². The van der Waals surface area contributed by atoms with Crippen molar-refractivity contribution < 1.29 is 0 Å². The Morgan fingerprint density at radius 1 is 0.630 bits per heavy atom. The van der Waals surface area contributed by atoms with Crippen LogP contribution in [0.25, 0.3) is 71.9 Å². The molecule has 0 saturated carbocycles. The summed E-state index contributed by atoms with van der Waals surface area (Å²) in [6.07, 6.45) is 17.6. The Kier molecular flexibility index (Phi) is 7.62. The van der Waals surface area contributed by atoms with E-state index >= 15 is 0 Å². The van der Waals surface area contributed by atoms with Gasteiger partial charge in [-0.05, 0) is 142 Å². The Labute approximate surface area is 314 Å². The minimum atomic E-state index is -0.0666. The van der Waals surface area contributed by atoms with Crippen LogP contribution in [-0.2, 0) is 0 Å². The van der Waals surface area contributed by atoms with Gasteiger partial charge >= 0.3 is 0 Å². The molecule has 6 heteroatoms. The number of rotatable bonds is 5. The van der Waals surface area contributed by atoms with Gasteiger partial charge in [-0.15, -0.1) is 0 Å². The zero-order chi connectivity index (χ0) is 36.2. The summed E-state index contributed by atoms with van der Waals surface area (Å²) in [5, 5.41) is 10.8. The molecule has 4 aromatic heterocycles. The van der Waals surface area contributed by atoms with Crippen molar-refractivity contribution in [2.75, 3.05) is 11.9 Å². The normalized spacial score (nSPS) is 14.6. The lowest BCUT2D eigenvalue weighted by Crippen LogP contribution is -2.20. The van der Waals surface area contributed by atoms with E-state index in [0.717, 1.165) is 67.6 Å². The molecular formula is C48H36N6. The molecule has 2 aliphatic heterocycles. The van der Waals surface area contributed by atoms with E-state index in [1.54, 1.807) is 0 Å². The van der Waals surface area contributed by atoms with Crippen LogP contribution in [-0.4, -0.2) is 26.5 Å². The van der Waals surface area contributed by atoms with Crippen molar-refractivity contribution in [2.45, 2.75) is 19.9 Å². The predicted molar refractivity (Wildman–Crippen MR) is 221 cm³/mol. The lowest BCUT2D eigenvalue weighted by molar-refractivity contribution is 0.909. The number of nitrogens with one attached hydrogen (secondary N) is 2. The molecule has 1 atom stereocenters. The molecule has 2 aliphatic rings. The molecule has 6 nitrogen and oxygen atoms in total. The molecule has 8 aromatic rings. The molecule has 0 spiro atoms. The Morgan fingerprint density at radius 2 is 1.37 bits per heavy atom. The summed E-state index contributed by atoms with van der Waals surface area (Å²) in [7, 11) is 0. The first kappa shape index (κ1) is 31.8. The van der Waals surface area contributed by atoms with Gasteiger partial charge in [-0.2, -0.15) is 0 Å². The average Bonchev–Trinajstić information content (AvgIpc) is 3.25. The van der Waals surface area contributed by atoms with Crippen molar-refractivity contribution in [1.82, 2.24) is 25.3 Å². The maximum Gasteiger partial charge on any atom is 0.0806 e. The SMILES string of the molecule is Cc1c2c(c(C)c3c1c(-c1cccnc1)nc1cc(-c4cc(C5=CC=CNC5)cc(-c5cccnc5)c4)ccc13)C(c1cccnc1)Nc1ccccc1-2. The fourth-order valence-corrected chi connectivity index (χ4v) is 8.46. The lowest BCUT2D eigenvalue weighted by atomic mass is 9.78. The number of aryl methyl sites for hydroxylation is 2. The van der Waals surface area contributed by atoms with E-state index in [1.807, 2.05) is 61.6 Å². The standard InChI is InChI=1S/C48H36N6/c1-29-43-39-13-3-4-14-41(39)53-47(34-11-7-19-51-27-34)45(43)30(2)44-40-16-15-31(24-42(40)54-48(46(29)44)35-12-8-20-52-28-35)36-21-37(32-9-5-17-49-25-32)23-38(22-36)33-10-6-18-50-26-33/h3-25,27-28,47,50,53H,26H2,1-2H3. The van der Waals surface area contributed by atoms with E-state index < -0.39 is 0 Å². The Balaban J connectivity index is 1.26. The van der Waals surface area contributed by atoms with E-state index in [1.165, 1.54) is 44.3 Å². The number of nitrogens with zero attached hydrogens (tertiary/aromatic N) is 4. The summed E-state index contributed by atoms with van der Waals surface area (Å²) >= 11 is 0. The zero-order valence-electron chi connectivity index (χ0n) is 30.0. The third-order valence-electron chi connectivity index (χ3n) is 11.0. The number of pyridine rings is 4. The van der Waals surface area contributed by atoms with E-state index in [0.29, 0.717) is 0 Å². The lowest BCUT2D eigenvalue weighted by Gasteiger charge is -2.34. The smallest absolute Gasteiger partial charge is 0.0806 e. The zero-order valence-corrected chi connectivity index (χ0v) is 30.0. The van der Waals surface area contributed by atoms with Crippen LogP contribution in [0, 0.1) is 13.8 Å². The van der Waals surface area contributed by atoms with Gasteiger partial charge in [0.1, 0.15) is 0 Å². The second-order valence-corrected chi connectivity index (χ2v) is 14.1. The highest BCUT2D eigenvalue weighted by Gasteiger charge is 2.32. The van der Waals surface area contributed by atoms with Gasteiger partial charge in [-0.1, -0.05) is 48.5 Å². The summed E-state index contributed by atoms with van der Waals surface area (Å²) in [6.45, 7) is 5.32. The van der Waals surface area contributed by atoms with Gasteiger partial charge in [0, 0.05) is 76.9 Å². The summed E-state index contributed by atoms with van der Waals surface area (Å²) in [5.74, 6) is 0. The molecule has 6 heterocycles. The van der Waals surface area contributed by atoms with Crippen molar-refractivity contribution in [3.05, 3.63) is 180 Å². The number of aromatic nitrogens is 4. The molecule has 0 bridgehead atoms. The first-order valence-corrected chi connectivity index (χ1v) is 18.3. The molecule has 4 aromatic carbocycles. The number of allylic oxidation sites excluding steroid dienone is 2. The molecule has 54 heavy (non-hydrogen) atoms. The predicted octanol–water partition coefficient (Wildman–Crippen LogP) is 10.9. The summed E-state index contributed by atoms with van der Waals surface area (Å²) in [6, 6.07) is 34.6. The van der Waals surface area contributed by atoms with Crippen molar-refractivity contribution in [2.24, 2.45) is 0 Å². The molecule has 2 N–H and O–H groups in total. The van der Waals surface area contributed by atoms with Gasteiger partial charge in [0.25, 0.3) is 0 Å². The number of para-hydroxylation sites is 1. The van der Waals surface area contributed by atoms with Crippen molar-refractivity contribution >= 4 is 32.9 Å². The molecule has 0 fully saturated rings. The second kappa shape index (κ2) is 12.9. The van der Waals surface area contributed by atoms with Crippen LogP contribution in [0.3, 0.4) is 0 Å². The van der Waals surface area contributed by atoms with Gasteiger partial charge in [0.2, 0.25) is 0 Å². The third kappa shape index (κ3) is 5.26. The third-order valence-corrected chi connectivity index (χ3v) is 11.0. The highest BCUT2D eigenvalue weighted by Crippen LogP contribution is 2.51. The van der Waals surface area contributed by atoms with Crippen LogP contribution >= 0.6 is 0 Å². The minimum absolute atomic E-state index is 0.0666. The summed E-state index contributed by atoms with van der Waals surface area (Å²) < 4.78 is 0. The molecule has 0 aliphatic carbocycles. The number of dihydropyridines is 1. The maximum absolute atomic E-state index is 5.53.